The number of likely N-dealkylation sites (N-methyl/N-ethyl adjacent to an activating group) is 1. The summed E-state index contributed by atoms with van der Waals surface area (Å²) in [7, 11) is 5.51. The Morgan fingerprint density at radius 2 is 1.04 bits per heavy atom. The molecule has 8 nitrogen and oxygen atoms in total. The van der Waals surface area contributed by atoms with Gasteiger partial charge in [-0.1, -0.05) is 133 Å². The van der Waals surface area contributed by atoms with Crippen LogP contribution < -0.4 is 0 Å². The number of carboxylic acids is 1. The summed E-state index contributed by atoms with van der Waals surface area (Å²) in [4.78, 5) is 36.9. The van der Waals surface area contributed by atoms with Gasteiger partial charge in [-0.15, -0.1) is 0 Å². The monoisotopic (exact) mass is 761 g/mol. The summed E-state index contributed by atoms with van der Waals surface area (Å²) < 4.78 is 17.2. The maximum absolute atomic E-state index is 12.7. The fourth-order valence-corrected chi connectivity index (χ4v) is 6.10. The normalized spacial score (nSPS) is 13.4. The van der Waals surface area contributed by atoms with Gasteiger partial charge in [0.05, 0.1) is 34.4 Å². The van der Waals surface area contributed by atoms with E-state index >= 15 is 0 Å². The molecule has 1 N–H and O–H groups in total. The standard InChI is InChI=1S/C46H81NO7/c1-6-8-10-12-14-16-18-20-21-22-23-24-25-27-29-31-33-35-37-45(49)54-42(40-52-39-38-43(46(50)51)47(3,4)5)41-53-44(48)36-34-32-30-28-26-19-17-15-13-11-9-7-2/h9,11,15,17,23-24,26,28,42-43H,6-8,10,12-14,16,18-22,25,27,29-41H2,1-5H3/p+1/b11-9+,17-15+,24-23+,28-26+. The molecule has 312 valence electrons. The highest BCUT2D eigenvalue weighted by molar-refractivity contribution is 5.72. The van der Waals surface area contributed by atoms with Crippen molar-refractivity contribution in [1.29, 1.82) is 0 Å². The molecule has 0 aliphatic carbocycles. The van der Waals surface area contributed by atoms with Gasteiger partial charge in [0.1, 0.15) is 6.61 Å². The Kier molecular flexibility index (Phi) is 35.4. The van der Waals surface area contributed by atoms with Gasteiger partial charge >= 0.3 is 17.9 Å². The molecule has 0 fully saturated rings. The van der Waals surface area contributed by atoms with E-state index in [2.05, 4.69) is 62.5 Å². The predicted molar refractivity (Wildman–Crippen MR) is 224 cm³/mol. The molecule has 0 bridgehead atoms. The third-order valence-corrected chi connectivity index (χ3v) is 9.46. The van der Waals surface area contributed by atoms with E-state index in [9.17, 15) is 19.5 Å². The quantitative estimate of drug-likeness (QED) is 0.0289. The zero-order valence-electron chi connectivity index (χ0n) is 35.4. The van der Waals surface area contributed by atoms with Crippen molar-refractivity contribution in [3.8, 4) is 0 Å². The molecule has 0 spiro atoms. The Bertz CT molecular complexity index is 1030. The Morgan fingerprint density at radius 3 is 1.59 bits per heavy atom. The van der Waals surface area contributed by atoms with Crippen LogP contribution in [0.2, 0.25) is 0 Å². The van der Waals surface area contributed by atoms with E-state index in [4.69, 9.17) is 14.2 Å². The van der Waals surface area contributed by atoms with Crippen molar-refractivity contribution in [3.05, 3.63) is 48.6 Å². The van der Waals surface area contributed by atoms with Crippen LogP contribution in [0.15, 0.2) is 48.6 Å². The van der Waals surface area contributed by atoms with Gasteiger partial charge < -0.3 is 23.8 Å². The number of carboxylic acid groups (broad SMARTS) is 1. The number of hydrogen-bond acceptors (Lipinski definition) is 6. The van der Waals surface area contributed by atoms with Crippen molar-refractivity contribution in [2.75, 3.05) is 41.0 Å². The molecule has 0 saturated carbocycles. The number of quaternary nitrogens is 1. The van der Waals surface area contributed by atoms with Crippen LogP contribution in [0, 0.1) is 0 Å². The fraction of sp³-hybridized carbons (Fsp3) is 0.761. The minimum absolute atomic E-state index is 0.0449. The Labute approximate surface area is 331 Å². The second-order valence-electron chi connectivity index (χ2n) is 15.6. The lowest BCUT2D eigenvalue weighted by atomic mass is 10.1. The van der Waals surface area contributed by atoms with Gasteiger partial charge in [-0.3, -0.25) is 9.59 Å². The minimum Gasteiger partial charge on any atom is -0.477 e. The molecule has 2 unspecified atom stereocenters. The Balaban J connectivity index is 4.39. The predicted octanol–water partition coefficient (Wildman–Crippen LogP) is 11.6. The number of esters is 2. The van der Waals surface area contributed by atoms with Gasteiger partial charge in [-0.25, -0.2) is 4.79 Å². The molecule has 0 aromatic carbocycles. The molecule has 54 heavy (non-hydrogen) atoms. The van der Waals surface area contributed by atoms with Gasteiger partial charge in [0, 0.05) is 19.3 Å². The van der Waals surface area contributed by atoms with Crippen LogP contribution in [-0.2, 0) is 28.6 Å². The first-order valence-electron chi connectivity index (χ1n) is 21.7. The molecule has 0 saturated heterocycles. The second-order valence-corrected chi connectivity index (χ2v) is 15.6. The summed E-state index contributed by atoms with van der Waals surface area (Å²) in [6.07, 6.45) is 43.1. The molecular weight excluding hydrogens is 679 g/mol. The summed E-state index contributed by atoms with van der Waals surface area (Å²) in [6, 6.07) is -0.622. The third kappa shape index (κ3) is 35.0. The summed E-state index contributed by atoms with van der Waals surface area (Å²) in [5, 5.41) is 9.61. The molecule has 2 atom stereocenters. The van der Waals surface area contributed by atoms with Gasteiger partial charge in [0.25, 0.3) is 0 Å². The van der Waals surface area contributed by atoms with Crippen LogP contribution in [0.5, 0.6) is 0 Å². The largest absolute Gasteiger partial charge is 0.477 e. The molecule has 0 heterocycles. The maximum atomic E-state index is 12.7. The van der Waals surface area contributed by atoms with Crippen LogP contribution in [0.1, 0.15) is 174 Å². The van der Waals surface area contributed by atoms with E-state index in [1.54, 1.807) is 0 Å². The van der Waals surface area contributed by atoms with E-state index in [-0.39, 0.29) is 36.2 Å². The van der Waals surface area contributed by atoms with E-state index in [1.807, 2.05) is 21.1 Å². The van der Waals surface area contributed by atoms with Crippen molar-refractivity contribution in [3.63, 3.8) is 0 Å². The SMILES string of the molecule is CC/C=C/C/C=C/C/C=C/CCCCC(=O)OCC(COCCC(C(=O)O)[N+](C)(C)C)OC(=O)CCCCCCC/C=C/CCCCCCCCCCC. The van der Waals surface area contributed by atoms with E-state index < -0.39 is 18.1 Å². The van der Waals surface area contributed by atoms with Gasteiger partial charge in [-0.05, 0) is 70.6 Å². The number of unbranched alkanes of at least 4 members (excludes halogenated alkanes) is 16. The first-order valence-corrected chi connectivity index (χ1v) is 21.7. The lowest BCUT2D eigenvalue weighted by molar-refractivity contribution is -0.887. The number of nitrogens with zero attached hydrogens (tertiary/aromatic N) is 1. The summed E-state index contributed by atoms with van der Waals surface area (Å²) >= 11 is 0. The number of carbonyl (C=O) groups is 3. The van der Waals surface area contributed by atoms with Gasteiger partial charge in [0.2, 0.25) is 0 Å². The number of carbonyl (C=O) groups excluding carboxylic acids is 2. The van der Waals surface area contributed by atoms with Crippen LogP contribution in [-0.4, -0.2) is 80.6 Å². The van der Waals surface area contributed by atoms with Crippen LogP contribution in [0.25, 0.3) is 0 Å². The molecule has 0 aliphatic heterocycles. The van der Waals surface area contributed by atoms with Crippen molar-refractivity contribution >= 4 is 17.9 Å². The first-order chi connectivity index (χ1) is 26.1. The molecule has 0 aromatic rings. The average molecular weight is 761 g/mol. The molecule has 0 aromatic heterocycles. The van der Waals surface area contributed by atoms with Crippen molar-refractivity contribution < 1.29 is 38.2 Å². The molecule has 0 radical (unpaired) electrons. The molecule has 0 amide bonds. The van der Waals surface area contributed by atoms with Gasteiger partial charge in [0.15, 0.2) is 12.1 Å². The van der Waals surface area contributed by atoms with Crippen LogP contribution in [0.3, 0.4) is 0 Å². The van der Waals surface area contributed by atoms with Crippen LogP contribution >= 0.6 is 0 Å². The molecule has 0 rings (SSSR count). The smallest absolute Gasteiger partial charge is 0.362 e. The lowest BCUT2D eigenvalue weighted by Crippen LogP contribution is -2.50. The van der Waals surface area contributed by atoms with Crippen LogP contribution in [0.4, 0.5) is 0 Å². The average Bonchev–Trinajstić information content (AvgIpc) is 3.12. The van der Waals surface area contributed by atoms with E-state index in [0.29, 0.717) is 19.3 Å². The second kappa shape index (κ2) is 37.2. The first kappa shape index (κ1) is 51.3. The summed E-state index contributed by atoms with van der Waals surface area (Å²) in [5.41, 5.74) is 0. The highest BCUT2D eigenvalue weighted by Gasteiger charge is 2.31. The van der Waals surface area contributed by atoms with E-state index in [1.165, 1.54) is 70.6 Å². The number of hydrogen-bond donors (Lipinski definition) is 1. The van der Waals surface area contributed by atoms with Crippen molar-refractivity contribution in [1.82, 2.24) is 0 Å². The van der Waals surface area contributed by atoms with Gasteiger partial charge in [-0.2, -0.15) is 0 Å². The maximum Gasteiger partial charge on any atom is 0.362 e. The number of ether oxygens (including phenoxy) is 3. The molecule has 0 aliphatic rings. The minimum atomic E-state index is -0.883. The fourth-order valence-electron chi connectivity index (χ4n) is 6.10. The summed E-state index contributed by atoms with van der Waals surface area (Å²) in [5.74, 6) is -1.53. The lowest BCUT2D eigenvalue weighted by Gasteiger charge is -2.31. The highest BCUT2D eigenvalue weighted by atomic mass is 16.6. The third-order valence-electron chi connectivity index (χ3n) is 9.46. The number of rotatable bonds is 38. The zero-order chi connectivity index (χ0) is 40.0. The molecular formula is C46H82NO7+. The Hall–Kier alpha value is -2.71. The van der Waals surface area contributed by atoms with E-state index in [0.717, 1.165) is 70.6 Å². The number of allylic oxidation sites excluding steroid dienone is 8. The Morgan fingerprint density at radius 1 is 0.574 bits per heavy atom. The van der Waals surface area contributed by atoms with Crippen molar-refractivity contribution in [2.45, 2.75) is 187 Å². The topological polar surface area (TPSA) is 99.1 Å². The summed E-state index contributed by atoms with van der Waals surface area (Å²) in [6.45, 7) is 4.56. The number of aliphatic carboxylic acids is 1. The van der Waals surface area contributed by atoms with Crippen molar-refractivity contribution in [2.24, 2.45) is 0 Å². The molecule has 8 heteroatoms. The highest BCUT2D eigenvalue weighted by Crippen LogP contribution is 2.13. The zero-order valence-corrected chi connectivity index (χ0v) is 35.4.